The van der Waals surface area contributed by atoms with Crippen molar-refractivity contribution in [1.29, 1.82) is 0 Å². The van der Waals surface area contributed by atoms with E-state index in [2.05, 4.69) is 0 Å². The highest BCUT2D eigenvalue weighted by molar-refractivity contribution is 7.51. The Balaban J connectivity index is 0.00000496. The number of aliphatic hydroxyl groups is 3. The van der Waals surface area contributed by atoms with Crippen LogP contribution < -0.4 is 10.5 Å². The number of carbonyl (C=O) groups excluding carboxylic acids is 1. The molecule has 0 heterocycles. The summed E-state index contributed by atoms with van der Waals surface area (Å²) in [5.74, 6) is 0.364. The van der Waals surface area contributed by atoms with Gasteiger partial charge in [0, 0.05) is 36.3 Å². The van der Waals surface area contributed by atoms with Crippen LogP contribution in [0.4, 0.5) is 0 Å². The molecule has 0 aliphatic heterocycles. The number of unbranched alkanes of at least 4 members (excludes halogenated alkanes) is 1. The van der Waals surface area contributed by atoms with Gasteiger partial charge in [0.2, 0.25) is 0 Å². The first-order valence-electron chi connectivity index (χ1n) is 14.5. The van der Waals surface area contributed by atoms with Crippen molar-refractivity contribution in [2.24, 2.45) is 5.73 Å². The maximum atomic E-state index is 12.4. The minimum atomic E-state index is -4.70. The molecule has 0 spiro atoms. The Morgan fingerprint density at radius 3 is 1.78 bits per heavy atom. The van der Waals surface area contributed by atoms with Crippen LogP contribution in [0.3, 0.4) is 0 Å². The van der Waals surface area contributed by atoms with Crippen LogP contribution in [0.5, 0.6) is 5.75 Å². The van der Waals surface area contributed by atoms with E-state index in [0.29, 0.717) is 53.8 Å². The molecular weight excluding hydrogens is 628 g/mol. The summed E-state index contributed by atoms with van der Waals surface area (Å²) < 4.78 is 30.6. The van der Waals surface area contributed by atoms with Crippen molar-refractivity contribution in [2.75, 3.05) is 32.3 Å². The largest absolute Gasteiger partial charge is 0.493 e. The lowest BCUT2D eigenvalue weighted by Crippen LogP contribution is -2.53. The van der Waals surface area contributed by atoms with Gasteiger partial charge in [-0.3, -0.25) is 18.9 Å². The summed E-state index contributed by atoms with van der Waals surface area (Å²) in [4.78, 5) is 51.3. The van der Waals surface area contributed by atoms with Crippen LogP contribution in [0.1, 0.15) is 54.0 Å². The average Bonchev–Trinajstić information content (AvgIpc) is 2.98. The monoisotopic (exact) mass is 677 g/mol. The van der Waals surface area contributed by atoms with Gasteiger partial charge in [-0.25, -0.2) is 0 Å². The molecule has 0 aliphatic rings. The van der Waals surface area contributed by atoms with Crippen LogP contribution in [0, 0.1) is 6.92 Å². The predicted octanol–water partition coefficient (Wildman–Crippen LogP) is 1.63. The van der Waals surface area contributed by atoms with Gasteiger partial charge in [0.25, 0.3) is 0 Å². The molecule has 2 rings (SSSR count). The van der Waals surface area contributed by atoms with Gasteiger partial charge in [0.1, 0.15) is 25.1 Å². The molecule has 2 aromatic rings. The highest BCUT2D eigenvalue weighted by atomic mass is 31.2. The molecule has 0 aromatic heterocycles. The number of carbonyl (C=O) groups is 1. The molecule has 0 saturated heterocycles. The van der Waals surface area contributed by atoms with Crippen LogP contribution in [0.15, 0.2) is 36.4 Å². The molecular formula is C29H49N3O11P2. The number of hydrogen-bond donors (Lipinski definition) is 8. The van der Waals surface area contributed by atoms with E-state index in [1.54, 1.807) is 55.1 Å². The Morgan fingerprint density at radius 1 is 0.800 bits per heavy atom. The van der Waals surface area contributed by atoms with Gasteiger partial charge < -0.3 is 50.2 Å². The third-order valence-electron chi connectivity index (χ3n) is 7.37. The van der Waals surface area contributed by atoms with Gasteiger partial charge in [-0.1, -0.05) is 42.8 Å². The van der Waals surface area contributed by atoms with Crippen LogP contribution in [0.2, 0.25) is 0 Å². The second-order valence-corrected chi connectivity index (χ2v) is 13.8. The fraction of sp³-hybridized carbons (Fsp3) is 0.552. The molecule has 0 fully saturated rings. The van der Waals surface area contributed by atoms with Gasteiger partial charge in [0.05, 0.1) is 26.4 Å². The van der Waals surface area contributed by atoms with E-state index in [9.17, 15) is 44.0 Å². The zero-order valence-corrected chi connectivity index (χ0v) is 27.7. The predicted molar refractivity (Wildman–Crippen MR) is 170 cm³/mol. The minimum absolute atomic E-state index is 0.0442. The van der Waals surface area contributed by atoms with Crippen molar-refractivity contribution in [3.63, 3.8) is 0 Å². The molecule has 0 saturated carbocycles. The van der Waals surface area contributed by atoms with E-state index >= 15 is 0 Å². The molecule has 16 heteroatoms. The van der Waals surface area contributed by atoms with Crippen molar-refractivity contribution in [3.8, 4) is 5.75 Å². The van der Waals surface area contributed by atoms with E-state index in [1.807, 2.05) is 6.79 Å². The number of rotatable bonds is 20. The van der Waals surface area contributed by atoms with E-state index in [-0.39, 0.29) is 32.9 Å². The molecule has 0 radical (unpaired) electrons. The molecule has 0 aliphatic carbocycles. The molecule has 2 unspecified atom stereocenters. The number of nitrogens with two attached hydrogens (primary N) is 1. The van der Waals surface area contributed by atoms with E-state index < -0.39 is 46.5 Å². The first-order chi connectivity index (χ1) is 21.3. The standard InChI is InChI=1S/C28H47N3O10P2.CH2O/c1-3-41-28-23(9-7-11-25(28)17-33)15-31(20-43(38,39)40)27(18-34)26(12-4-5-13-29)30(19-42(35,36)37)14-22-8-6-10-24(16-32)21(22)2;1-2/h6-11,26-27,32-34H,3-5,12-20,29H2,1-2H3,(H2,35,36,37)(H2,38,39,40);1H2. The third kappa shape index (κ3) is 13.7. The number of benzene rings is 2. The molecule has 256 valence electrons. The fourth-order valence-corrected chi connectivity index (χ4v) is 6.91. The molecule has 14 nitrogen and oxygen atoms in total. The Kier molecular flexibility index (Phi) is 18.5. The molecule has 2 aromatic carbocycles. The lowest BCUT2D eigenvalue weighted by molar-refractivity contribution is -0.0980. The van der Waals surface area contributed by atoms with Crippen molar-refractivity contribution >= 4 is 22.0 Å². The number of aliphatic hydroxyl groups excluding tert-OH is 3. The summed E-state index contributed by atoms with van der Waals surface area (Å²) in [6.45, 7) is 5.04. The first-order valence-corrected chi connectivity index (χ1v) is 18.1. The van der Waals surface area contributed by atoms with E-state index in [1.165, 1.54) is 4.90 Å². The molecule has 45 heavy (non-hydrogen) atoms. The van der Waals surface area contributed by atoms with Crippen LogP contribution in [-0.4, -0.2) is 95.9 Å². The minimum Gasteiger partial charge on any atom is -0.493 e. The van der Waals surface area contributed by atoms with Crippen LogP contribution in [0.25, 0.3) is 0 Å². The Labute approximate surface area is 264 Å². The van der Waals surface area contributed by atoms with E-state index in [0.717, 1.165) is 5.56 Å². The normalized spacial score (nSPS) is 13.4. The van der Waals surface area contributed by atoms with Crippen molar-refractivity contribution in [3.05, 3.63) is 64.2 Å². The summed E-state index contributed by atoms with van der Waals surface area (Å²) in [6.07, 6.45) is 0.00649. The number of nitrogens with zero attached hydrogens (tertiary/aromatic N) is 2. The average molecular weight is 678 g/mol. The smallest absolute Gasteiger partial charge is 0.339 e. The van der Waals surface area contributed by atoms with Gasteiger partial charge in [-0.15, -0.1) is 0 Å². The number of para-hydroxylation sites is 1. The Bertz CT molecular complexity index is 1260. The molecule has 9 N–H and O–H groups in total. The molecule has 0 amide bonds. The maximum absolute atomic E-state index is 12.4. The summed E-state index contributed by atoms with van der Waals surface area (Å²) in [5, 5.41) is 30.4. The summed E-state index contributed by atoms with van der Waals surface area (Å²) >= 11 is 0. The lowest BCUT2D eigenvalue weighted by Gasteiger charge is -2.42. The van der Waals surface area contributed by atoms with Crippen LogP contribution >= 0.6 is 15.2 Å². The van der Waals surface area contributed by atoms with E-state index in [4.69, 9.17) is 15.3 Å². The third-order valence-corrected chi connectivity index (χ3v) is 8.83. The lowest BCUT2D eigenvalue weighted by atomic mass is 9.96. The topological polar surface area (TPSA) is 235 Å². The zero-order chi connectivity index (χ0) is 34.2. The van der Waals surface area contributed by atoms with Crippen molar-refractivity contribution in [2.45, 2.75) is 71.5 Å². The number of ether oxygens (including phenoxy) is 1. The Hall–Kier alpha value is -2.03. The van der Waals surface area contributed by atoms with Crippen molar-refractivity contribution < 1.29 is 53.6 Å². The highest BCUT2D eigenvalue weighted by Crippen LogP contribution is 2.41. The van der Waals surface area contributed by atoms with Gasteiger partial charge in [0.15, 0.2) is 0 Å². The summed E-state index contributed by atoms with van der Waals surface area (Å²) in [7, 11) is -9.35. The maximum Gasteiger partial charge on any atom is 0.339 e. The second kappa shape index (κ2) is 20.3. The first kappa shape index (κ1) is 41.0. The quantitative estimate of drug-likeness (QED) is 0.0735. The van der Waals surface area contributed by atoms with Gasteiger partial charge in [-0.2, -0.15) is 0 Å². The summed E-state index contributed by atoms with van der Waals surface area (Å²) in [5.41, 5.74) is 8.85. The van der Waals surface area contributed by atoms with Crippen molar-refractivity contribution in [1.82, 2.24) is 9.80 Å². The second-order valence-electron chi connectivity index (χ2n) is 10.6. The molecule has 0 bridgehead atoms. The number of hydrogen-bond acceptors (Lipinski definition) is 10. The Morgan fingerprint density at radius 2 is 1.29 bits per heavy atom. The van der Waals surface area contributed by atoms with Gasteiger partial charge in [-0.05, 0) is 49.9 Å². The fourth-order valence-electron chi connectivity index (χ4n) is 5.35. The molecule has 2 atom stereocenters. The highest BCUT2D eigenvalue weighted by Gasteiger charge is 2.37. The zero-order valence-electron chi connectivity index (χ0n) is 25.9. The SMILES string of the molecule is C=O.CCOc1c(CO)cccc1CN(CP(=O)(O)O)C(CO)C(CCCCN)N(Cc1cccc(CO)c1C)CP(=O)(O)O. The van der Waals surface area contributed by atoms with Crippen LogP contribution in [-0.2, 0) is 40.2 Å². The summed E-state index contributed by atoms with van der Waals surface area (Å²) in [6, 6.07) is 8.57. The van der Waals surface area contributed by atoms with Gasteiger partial charge >= 0.3 is 15.2 Å².